The van der Waals surface area contributed by atoms with E-state index in [4.69, 9.17) is 4.74 Å². The second-order valence-corrected chi connectivity index (χ2v) is 7.25. The highest BCUT2D eigenvalue weighted by atomic mass is 32.2. The van der Waals surface area contributed by atoms with Gasteiger partial charge >= 0.3 is 0 Å². The van der Waals surface area contributed by atoms with Crippen molar-refractivity contribution in [3.05, 3.63) is 0 Å². The lowest BCUT2D eigenvalue weighted by atomic mass is 9.91. The van der Waals surface area contributed by atoms with Gasteiger partial charge in [0.05, 0.1) is 11.7 Å². The van der Waals surface area contributed by atoms with Crippen LogP contribution >= 0.6 is 0 Å². The Morgan fingerprint density at radius 2 is 1.94 bits per heavy atom. The van der Waals surface area contributed by atoms with Crippen LogP contribution in [0.4, 0.5) is 0 Å². The molecule has 0 aliphatic heterocycles. The maximum absolute atomic E-state index is 11.0. The van der Waals surface area contributed by atoms with Gasteiger partial charge in [0.25, 0.3) is 0 Å². The summed E-state index contributed by atoms with van der Waals surface area (Å²) in [5, 5.41) is 10.2. The molecule has 1 rings (SSSR count). The Morgan fingerprint density at radius 1 is 1.35 bits per heavy atom. The van der Waals surface area contributed by atoms with E-state index in [2.05, 4.69) is 0 Å². The molecular weight excluding hydrogens is 240 g/mol. The van der Waals surface area contributed by atoms with Crippen molar-refractivity contribution in [2.24, 2.45) is 0 Å². The first kappa shape index (κ1) is 14.9. The molecule has 0 aromatic carbocycles. The highest BCUT2D eigenvalue weighted by Crippen LogP contribution is 2.37. The third-order valence-electron chi connectivity index (χ3n) is 3.48. The van der Waals surface area contributed by atoms with Crippen LogP contribution in [-0.2, 0) is 14.6 Å². The monoisotopic (exact) mass is 264 g/mol. The molecule has 0 heterocycles. The first-order chi connectivity index (χ1) is 7.90. The Labute approximate surface area is 104 Å². The number of hydrogen-bond acceptors (Lipinski definition) is 4. The molecule has 1 aliphatic carbocycles. The molecule has 0 radical (unpaired) electrons. The van der Waals surface area contributed by atoms with Crippen LogP contribution < -0.4 is 0 Å². The van der Waals surface area contributed by atoms with E-state index in [1.54, 1.807) is 0 Å². The average molecular weight is 264 g/mol. The Balaban J connectivity index is 2.46. The van der Waals surface area contributed by atoms with E-state index in [1.165, 1.54) is 6.26 Å². The number of aliphatic hydroxyl groups excluding tert-OH is 1. The third-order valence-corrected chi connectivity index (χ3v) is 4.51. The number of rotatable bonds is 7. The molecule has 1 unspecified atom stereocenters. The molecule has 0 spiro atoms. The van der Waals surface area contributed by atoms with Gasteiger partial charge in [-0.15, -0.1) is 0 Å². The zero-order valence-corrected chi connectivity index (χ0v) is 11.6. The van der Waals surface area contributed by atoms with Crippen LogP contribution in [0.5, 0.6) is 0 Å². The van der Waals surface area contributed by atoms with Gasteiger partial charge in [0, 0.05) is 18.6 Å². The lowest BCUT2D eigenvalue weighted by Crippen LogP contribution is -2.42. The van der Waals surface area contributed by atoms with E-state index in [0.717, 1.165) is 25.7 Å². The minimum absolute atomic E-state index is 0.145. The average Bonchev–Trinajstić information content (AvgIpc) is 2.66. The number of aliphatic hydroxyl groups is 1. The van der Waals surface area contributed by atoms with E-state index in [0.29, 0.717) is 19.4 Å². The Morgan fingerprint density at radius 3 is 2.41 bits per heavy atom. The van der Waals surface area contributed by atoms with Gasteiger partial charge in [-0.2, -0.15) is 0 Å². The highest BCUT2D eigenvalue weighted by Gasteiger charge is 2.40. The molecule has 0 amide bonds. The first-order valence-corrected chi connectivity index (χ1v) is 8.45. The summed E-state index contributed by atoms with van der Waals surface area (Å²) in [5.74, 6) is 0.145. The van der Waals surface area contributed by atoms with Gasteiger partial charge in [0.1, 0.15) is 9.84 Å². The molecule has 5 heteroatoms. The Bertz CT molecular complexity index is 317. The standard InChI is InChI=1S/C12H24O4S/c1-3-16-12(8-4-5-9-12)11(13)7-6-10-17(2,14)15/h11,13H,3-10H2,1-2H3. The van der Waals surface area contributed by atoms with E-state index in [-0.39, 0.29) is 5.75 Å². The molecule has 0 bridgehead atoms. The molecule has 0 aromatic heterocycles. The molecule has 0 saturated heterocycles. The maximum atomic E-state index is 11.0. The van der Waals surface area contributed by atoms with Crippen molar-refractivity contribution in [1.29, 1.82) is 0 Å². The summed E-state index contributed by atoms with van der Waals surface area (Å²) in [6.07, 6.45) is 5.66. The molecule has 4 nitrogen and oxygen atoms in total. The second-order valence-electron chi connectivity index (χ2n) is 4.99. The zero-order chi connectivity index (χ0) is 12.9. The molecule has 1 atom stereocenters. The molecule has 102 valence electrons. The Kier molecular flexibility index (Phi) is 5.41. The topological polar surface area (TPSA) is 63.6 Å². The highest BCUT2D eigenvalue weighted by molar-refractivity contribution is 7.90. The van der Waals surface area contributed by atoms with Gasteiger partial charge < -0.3 is 9.84 Å². The molecule has 1 N–H and O–H groups in total. The zero-order valence-electron chi connectivity index (χ0n) is 10.8. The van der Waals surface area contributed by atoms with Gasteiger partial charge in [-0.05, 0) is 32.6 Å². The fourth-order valence-electron chi connectivity index (χ4n) is 2.64. The Hall–Kier alpha value is -0.130. The predicted molar refractivity (Wildman–Crippen MR) is 67.8 cm³/mol. The summed E-state index contributed by atoms with van der Waals surface area (Å²) in [6.45, 7) is 2.53. The maximum Gasteiger partial charge on any atom is 0.147 e. The van der Waals surface area contributed by atoms with Gasteiger partial charge in [0.15, 0.2) is 0 Å². The van der Waals surface area contributed by atoms with Gasteiger partial charge in [-0.25, -0.2) is 8.42 Å². The molecule has 1 fully saturated rings. The van der Waals surface area contributed by atoms with Crippen molar-refractivity contribution >= 4 is 9.84 Å². The van der Waals surface area contributed by atoms with E-state index in [9.17, 15) is 13.5 Å². The minimum atomic E-state index is -2.93. The molecule has 1 aliphatic rings. The van der Waals surface area contributed by atoms with Crippen LogP contribution in [0.2, 0.25) is 0 Å². The van der Waals surface area contributed by atoms with Crippen LogP contribution in [0, 0.1) is 0 Å². The van der Waals surface area contributed by atoms with Crippen molar-refractivity contribution in [2.45, 2.75) is 57.2 Å². The van der Waals surface area contributed by atoms with E-state index < -0.39 is 21.5 Å². The second kappa shape index (κ2) is 6.16. The van der Waals surface area contributed by atoms with Crippen LogP contribution in [0.1, 0.15) is 45.4 Å². The van der Waals surface area contributed by atoms with Gasteiger partial charge in [-0.1, -0.05) is 12.8 Å². The predicted octanol–water partition coefficient (Wildman–Crippen LogP) is 1.52. The normalized spacial score (nSPS) is 21.6. The summed E-state index contributed by atoms with van der Waals surface area (Å²) in [7, 11) is -2.93. The van der Waals surface area contributed by atoms with Crippen molar-refractivity contribution < 1.29 is 18.3 Å². The van der Waals surface area contributed by atoms with E-state index >= 15 is 0 Å². The number of sulfone groups is 1. The van der Waals surface area contributed by atoms with Crippen LogP contribution in [-0.4, -0.2) is 43.8 Å². The van der Waals surface area contributed by atoms with Crippen LogP contribution in [0.15, 0.2) is 0 Å². The quantitative estimate of drug-likeness (QED) is 0.757. The minimum Gasteiger partial charge on any atom is -0.390 e. The van der Waals surface area contributed by atoms with E-state index in [1.807, 2.05) is 6.92 Å². The molecule has 17 heavy (non-hydrogen) atoms. The summed E-state index contributed by atoms with van der Waals surface area (Å²) in [4.78, 5) is 0. The molecule has 0 aromatic rings. The summed E-state index contributed by atoms with van der Waals surface area (Å²) < 4.78 is 27.8. The van der Waals surface area contributed by atoms with Crippen LogP contribution in [0.3, 0.4) is 0 Å². The number of hydrogen-bond donors (Lipinski definition) is 1. The first-order valence-electron chi connectivity index (χ1n) is 6.39. The molecule has 1 saturated carbocycles. The summed E-state index contributed by atoms with van der Waals surface area (Å²) >= 11 is 0. The fourth-order valence-corrected chi connectivity index (χ4v) is 3.33. The van der Waals surface area contributed by atoms with Crippen molar-refractivity contribution in [1.82, 2.24) is 0 Å². The number of ether oxygens (including phenoxy) is 1. The third kappa shape index (κ3) is 4.56. The van der Waals surface area contributed by atoms with Gasteiger partial charge in [0.2, 0.25) is 0 Å². The smallest absolute Gasteiger partial charge is 0.147 e. The summed E-state index contributed by atoms with van der Waals surface area (Å²) in [6, 6.07) is 0. The SMILES string of the molecule is CCOC1(C(O)CCCS(C)(=O)=O)CCCC1. The van der Waals surface area contributed by atoms with Crippen LogP contribution in [0.25, 0.3) is 0 Å². The fraction of sp³-hybridized carbons (Fsp3) is 1.00. The molecular formula is C12H24O4S. The van der Waals surface area contributed by atoms with Crippen molar-refractivity contribution in [2.75, 3.05) is 18.6 Å². The summed E-state index contributed by atoms with van der Waals surface area (Å²) in [5.41, 5.74) is -0.410. The van der Waals surface area contributed by atoms with Crippen molar-refractivity contribution in [3.63, 3.8) is 0 Å². The van der Waals surface area contributed by atoms with Crippen molar-refractivity contribution in [3.8, 4) is 0 Å². The lowest BCUT2D eigenvalue weighted by molar-refractivity contribution is -0.118. The lowest BCUT2D eigenvalue weighted by Gasteiger charge is -2.34. The van der Waals surface area contributed by atoms with Gasteiger partial charge in [-0.3, -0.25) is 0 Å². The largest absolute Gasteiger partial charge is 0.390 e.